The Morgan fingerprint density at radius 1 is 1.03 bits per heavy atom. The van der Waals surface area contributed by atoms with Crippen molar-refractivity contribution in [2.24, 2.45) is 5.92 Å². The van der Waals surface area contributed by atoms with E-state index in [9.17, 15) is 9.59 Å². The molecule has 2 aromatic heterocycles. The van der Waals surface area contributed by atoms with Crippen LogP contribution >= 0.6 is 11.6 Å². The van der Waals surface area contributed by atoms with Gasteiger partial charge in [0.2, 0.25) is 5.91 Å². The number of rotatable bonds is 4. The van der Waals surface area contributed by atoms with E-state index in [1.165, 1.54) is 6.42 Å². The molecule has 2 fully saturated rings. The van der Waals surface area contributed by atoms with E-state index in [-0.39, 0.29) is 17.7 Å². The lowest BCUT2D eigenvalue weighted by Crippen LogP contribution is -2.39. The zero-order valence-corrected chi connectivity index (χ0v) is 18.6. The molecule has 4 rings (SSSR count). The fourth-order valence-corrected chi connectivity index (χ4v) is 4.47. The number of nitrogens with zero attached hydrogens (tertiary/aromatic N) is 4. The maximum absolute atomic E-state index is 12.7. The molecule has 0 atom stereocenters. The van der Waals surface area contributed by atoms with Crippen LogP contribution in [0, 0.1) is 12.8 Å². The largest absolute Gasteiger partial charge is 0.355 e. The number of carbonyl (C=O) groups excluding carboxylic acids is 2. The fourth-order valence-electron chi connectivity index (χ4n) is 4.18. The summed E-state index contributed by atoms with van der Waals surface area (Å²) in [5, 5.41) is 3.38. The highest BCUT2D eigenvalue weighted by atomic mass is 35.5. The van der Waals surface area contributed by atoms with Gasteiger partial charge in [-0.15, -0.1) is 0 Å². The topological polar surface area (TPSA) is 78.4 Å². The van der Waals surface area contributed by atoms with Gasteiger partial charge in [0.25, 0.3) is 5.91 Å². The molecule has 0 aromatic carbocycles. The number of hydrogen-bond acceptors (Lipinski definition) is 5. The average Bonchev–Trinajstić information content (AvgIpc) is 2.80. The molecule has 2 aromatic rings. The van der Waals surface area contributed by atoms with Crippen LogP contribution in [0.4, 0.5) is 11.6 Å². The van der Waals surface area contributed by atoms with Crippen LogP contribution in [0.1, 0.15) is 48.0 Å². The Kier molecular flexibility index (Phi) is 6.70. The predicted molar refractivity (Wildman–Crippen MR) is 122 cm³/mol. The molecule has 0 aliphatic carbocycles. The molecule has 7 nitrogen and oxygen atoms in total. The first-order chi connectivity index (χ1) is 15.0. The predicted octanol–water partition coefficient (Wildman–Crippen LogP) is 3.92. The molecule has 0 bridgehead atoms. The normalized spacial score (nSPS) is 17.5. The van der Waals surface area contributed by atoms with Crippen LogP contribution in [-0.4, -0.2) is 52.9 Å². The van der Waals surface area contributed by atoms with Crippen molar-refractivity contribution in [3.63, 3.8) is 0 Å². The molecular formula is C23H28ClN5O2. The molecule has 2 aliphatic rings. The summed E-state index contributed by atoms with van der Waals surface area (Å²) in [6.07, 6.45) is 8.07. The number of nitrogens with one attached hydrogen (secondary N) is 1. The number of amides is 2. The summed E-state index contributed by atoms with van der Waals surface area (Å²) in [6, 6.07) is 5.47. The van der Waals surface area contributed by atoms with Crippen molar-refractivity contribution in [3.8, 4) is 0 Å². The average molecular weight is 442 g/mol. The highest BCUT2D eigenvalue weighted by molar-refractivity contribution is 6.33. The summed E-state index contributed by atoms with van der Waals surface area (Å²) < 4.78 is 0. The standard InChI is InChI=1S/C23H28ClN5O2/c1-16-5-6-20(25-14-16)27-22(30)17-7-11-28(12-8-17)21-19(24)13-18(15-26-21)23(31)29-9-3-2-4-10-29/h5-6,13-15,17H,2-4,7-12H2,1H3,(H,25,27,30). The zero-order chi connectivity index (χ0) is 21.8. The van der Waals surface area contributed by atoms with E-state index in [2.05, 4.69) is 20.2 Å². The van der Waals surface area contributed by atoms with Crippen LogP contribution in [0.3, 0.4) is 0 Å². The van der Waals surface area contributed by atoms with Crippen LogP contribution in [0.5, 0.6) is 0 Å². The molecule has 8 heteroatoms. The highest BCUT2D eigenvalue weighted by Gasteiger charge is 2.27. The Balaban J connectivity index is 1.34. The first-order valence-electron chi connectivity index (χ1n) is 10.9. The quantitative estimate of drug-likeness (QED) is 0.777. The van der Waals surface area contributed by atoms with Crippen LogP contribution in [0.2, 0.25) is 5.02 Å². The molecule has 1 N–H and O–H groups in total. The van der Waals surface area contributed by atoms with Gasteiger partial charge in [-0.3, -0.25) is 9.59 Å². The van der Waals surface area contributed by atoms with Crippen LogP contribution < -0.4 is 10.2 Å². The number of anilines is 2. The highest BCUT2D eigenvalue weighted by Crippen LogP contribution is 2.29. The van der Waals surface area contributed by atoms with Crippen molar-refractivity contribution in [1.82, 2.24) is 14.9 Å². The maximum atomic E-state index is 12.7. The number of carbonyl (C=O) groups is 2. The molecule has 31 heavy (non-hydrogen) atoms. The van der Waals surface area contributed by atoms with Crippen molar-refractivity contribution < 1.29 is 9.59 Å². The van der Waals surface area contributed by atoms with E-state index < -0.39 is 0 Å². The molecule has 164 valence electrons. The lowest BCUT2D eigenvalue weighted by atomic mass is 9.96. The van der Waals surface area contributed by atoms with E-state index in [0.717, 1.165) is 31.5 Å². The Morgan fingerprint density at radius 2 is 1.77 bits per heavy atom. The number of pyridine rings is 2. The van der Waals surface area contributed by atoms with Crippen molar-refractivity contribution >= 4 is 35.1 Å². The Labute approximate surface area is 187 Å². The molecule has 0 saturated carbocycles. The Bertz CT molecular complexity index is 935. The van der Waals surface area contributed by atoms with Gasteiger partial charge in [-0.05, 0) is 56.7 Å². The first-order valence-corrected chi connectivity index (χ1v) is 11.3. The van der Waals surface area contributed by atoms with Gasteiger partial charge in [0.05, 0.1) is 10.6 Å². The number of likely N-dealkylation sites (tertiary alicyclic amines) is 1. The van der Waals surface area contributed by atoms with Crippen molar-refractivity contribution in [1.29, 1.82) is 0 Å². The SMILES string of the molecule is Cc1ccc(NC(=O)C2CCN(c3ncc(C(=O)N4CCCCC4)cc3Cl)CC2)nc1. The number of halogens is 1. The summed E-state index contributed by atoms with van der Waals surface area (Å²) in [4.78, 5) is 38.0. The van der Waals surface area contributed by atoms with E-state index in [1.54, 1.807) is 18.5 Å². The third kappa shape index (κ3) is 5.15. The van der Waals surface area contributed by atoms with Gasteiger partial charge in [-0.2, -0.15) is 0 Å². The van der Waals surface area contributed by atoms with Gasteiger partial charge in [-0.25, -0.2) is 9.97 Å². The van der Waals surface area contributed by atoms with Gasteiger partial charge in [0, 0.05) is 44.5 Å². The molecule has 2 amide bonds. The number of aryl methyl sites for hydroxylation is 1. The maximum Gasteiger partial charge on any atom is 0.255 e. The molecular weight excluding hydrogens is 414 g/mol. The second kappa shape index (κ2) is 9.64. The monoisotopic (exact) mass is 441 g/mol. The molecule has 2 saturated heterocycles. The molecule has 2 aliphatic heterocycles. The van der Waals surface area contributed by atoms with Crippen molar-refractivity contribution in [2.75, 3.05) is 36.4 Å². The summed E-state index contributed by atoms with van der Waals surface area (Å²) in [5.41, 5.74) is 1.59. The summed E-state index contributed by atoms with van der Waals surface area (Å²) in [7, 11) is 0. The molecule has 0 unspecified atom stereocenters. The first kappa shape index (κ1) is 21.6. The minimum absolute atomic E-state index is 0.000689. The number of piperidine rings is 2. The van der Waals surface area contributed by atoms with Gasteiger partial charge in [0.15, 0.2) is 0 Å². The van der Waals surface area contributed by atoms with Gasteiger partial charge in [0.1, 0.15) is 11.6 Å². The summed E-state index contributed by atoms with van der Waals surface area (Å²) in [6.45, 7) is 4.93. The third-order valence-corrected chi connectivity index (χ3v) is 6.32. The van der Waals surface area contributed by atoms with E-state index in [4.69, 9.17) is 11.6 Å². The summed E-state index contributed by atoms with van der Waals surface area (Å²) >= 11 is 6.50. The van der Waals surface area contributed by atoms with Gasteiger partial charge >= 0.3 is 0 Å². The lowest BCUT2D eigenvalue weighted by Gasteiger charge is -2.32. The minimum atomic E-state index is -0.0712. The Morgan fingerprint density at radius 3 is 2.42 bits per heavy atom. The lowest BCUT2D eigenvalue weighted by molar-refractivity contribution is -0.120. The summed E-state index contributed by atoms with van der Waals surface area (Å²) in [5.74, 6) is 1.18. The van der Waals surface area contributed by atoms with Crippen LogP contribution in [-0.2, 0) is 4.79 Å². The minimum Gasteiger partial charge on any atom is -0.355 e. The molecule has 0 spiro atoms. The fraction of sp³-hybridized carbons (Fsp3) is 0.478. The molecule has 0 radical (unpaired) electrons. The van der Waals surface area contributed by atoms with Crippen molar-refractivity contribution in [3.05, 3.63) is 46.7 Å². The van der Waals surface area contributed by atoms with E-state index in [1.807, 2.05) is 24.0 Å². The second-order valence-corrected chi connectivity index (χ2v) is 8.76. The van der Waals surface area contributed by atoms with Crippen LogP contribution in [0.25, 0.3) is 0 Å². The number of hydrogen-bond donors (Lipinski definition) is 1. The number of aromatic nitrogens is 2. The van der Waals surface area contributed by atoms with Crippen LogP contribution in [0.15, 0.2) is 30.6 Å². The second-order valence-electron chi connectivity index (χ2n) is 8.35. The molecule has 4 heterocycles. The van der Waals surface area contributed by atoms with E-state index in [0.29, 0.717) is 48.2 Å². The van der Waals surface area contributed by atoms with Gasteiger partial charge < -0.3 is 15.1 Å². The van der Waals surface area contributed by atoms with E-state index >= 15 is 0 Å². The zero-order valence-electron chi connectivity index (χ0n) is 17.8. The van der Waals surface area contributed by atoms with Gasteiger partial charge in [-0.1, -0.05) is 17.7 Å². The third-order valence-electron chi connectivity index (χ3n) is 6.04. The van der Waals surface area contributed by atoms with Crippen molar-refractivity contribution in [2.45, 2.75) is 39.0 Å². The smallest absolute Gasteiger partial charge is 0.255 e. The Hall–Kier alpha value is -2.67.